The zero-order valence-corrected chi connectivity index (χ0v) is 21.3. The summed E-state index contributed by atoms with van der Waals surface area (Å²) >= 11 is 0. The van der Waals surface area contributed by atoms with Crippen LogP contribution in [0.15, 0.2) is 0 Å². The van der Waals surface area contributed by atoms with Gasteiger partial charge in [-0.15, -0.1) is 24.8 Å². The predicted octanol–water partition coefficient (Wildman–Crippen LogP) is 4.47. The summed E-state index contributed by atoms with van der Waals surface area (Å²) in [5.74, 6) is 0.298. The number of hydrogen-bond donors (Lipinski definition) is 0. The molecule has 1 aliphatic heterocycles. The standard InChI is InChI=1S/C24H42N2O4.2ClH/c27-23(21-9-5-1-2-6-10-21)29-19-17-25-13-15-26(16-14-25)18-20-30-24(28)22-11-7-3-4-8-12-22;;/h21-22H,1-20H2;2*1H. The minimum absolute atomic E-state index is 0. The lowest BCUT2D eigenvalue weighted by molar-refractivity contribution is -0.150. The topological polar surface area (TPSA) is 59.1 Å². The van der Waals surface area contributed by atoms with Crippen molar-refractivity contribution >= 4 is 36.8 Å². The van der Waals surface area contributed by atoms with E-state index in [-0.39, 0.29) is 48.6 Å². The molecule has 3 aliphatic rings. The van der Waals surface area contributed by atoms with Gasteiger partial charge in [0.15, 0.2) is 0 Å². The first-order valence-electron chi connectivity index (χ1n) is 12.5. The zero-order valence-electron chi connectivity index (χ0n) is 19.6. The van der Waals surface area contributed by atoms with E-state index in [0.29, 0.717) is 13.2 Å². The van der Waals surface area contributed by atoms with Crippen LogP contribution in [-0.4, -0.2) is 74.2 Å². The number of piperazine rings is 1. The average Bonchev–Trinajstić information content (AvgIpc) is 3.20. The van der Waals surface area contributed by atoms with Crippen molar-refractivity contribution in [1.82, 2.24) is 9.80 Å². The Kier molecular flexibility index (Phi) is 15.6. The van der Waals surface area contributed by atoms with Crippen LogP contribution in [0.3, 0.4) is 0 Å². The second-order valence-electron chi connectivity index (χ2n) is 9.40. The minimum atomic E-state index is 0. The SMILES string of the molecule is Cl.Cl.O=C(OCCN1CCN(CCOC(=O)C2CCCCCC2)CC1)C1CCCCCC1. The van der Waals surface area contributed by atoms with Gasteiger partial charge in [0.1, 0.15) is 13.2 Å². The number of rotatable bonds is 8. The van der Waals surface area contributed by atoms with Crippen LogP contribution in [-0.2, 0) is 19.1 Å². The Bertz CT molecular complexity index is 468. The lowest BCUT2D eigenvalue weighted by Crippen LogP contribution is -2.48. The highest BCUT2D eigenvalue weighted by molar-refractivity contribution is 5.85. The summed E-state index contributed by atoms with van der Waals surface area (Å²) in [6.07, 6.45) is 13.7. The molecule has 188 valence electrons. The van der Waals surface area contributed by atoms with Gasteiger partial charge >= 0.3 is 11.9 Å². The fourth-order valence-corrected chi connectivity index (χ4v) is 5.05. The molecule has 1 saturated heterocycles. The Labute approximate surface area is 206 Å². The van der Waals surface area contributed by atoms with Gasteiger partial charge in [-0.1, -0.05) is 51.4 Å². The molecular formula is C24H44Cl2N2O4. The molecule has 0 aromatic heterocycles. The molecule has 32 heavy (non-hydrogen) atoms. The minimum Gasteiger partial charge on any atom is -0.464 e. The van der Waals surface area contributed by atoms with Crippen molar-refractivity contribution in [3.63, 3.8) is 0 Å². The number of nitrogens with zero attached hydrogens (tertiary/aromatic N) is 2. The Hall–Kier alpha value is -0.560. The number of carbonyl (C=O) groups excluding carboxylic acids is 2. The van der Waals surface area contributed by atoms with E-state index in [2.05, 4.69) is 9.80 Å². The average molecular weight is 496 g/mol. The number of carbonyl (C=O) groups is 2. The van der Waals surface area contributed by atoms with E-state index in [1.807, 2.05) is 0 Å². The molecule has 0 amide bonds. The monoisotopic (exact) mass is 494 g/mol. The first-order chi connectivity index (χ1) is 14.7. The third kappa shape index (κ3) is 10.6. The van der Waals surface area contributed by atoms with Crippen molar-refractivity contribution < 1.29 is 19.1 Å². The van der Waals surface area contributed by atoms with Crippen LogP contribution in [0.25, 0.3) is 0 Å². The molecule has 0 bridgehead atoms. The summed E-state index contributed by atoms with van der Waals surface area (Å²) in [5, 5.41) is 0. The Morgan fingerprint density at radius 2 is 0.875 bits per heavy atom. The second-order valence-corrected chi connectivity index (χ2v) is 9.40. The largest absolute Gasteiger partial charge is 0.464 e. The second kappa shape index (κ2) is 17.0. The molecule has 0 aromatic carbocycles. The van der Waals surface area contributed by atoms with Crippen LogP contribution in [0.1, 0.15) is 77.0 Å². The van der Waals surface area contributed by atoms with Crippen LogP contribution in [0, 0.1) is 11.8 Å². The van der Waals surface area contributed by atoms with E-state index in [1.165, 1.54) is 25.7 Å². The van der Waals surface area contributed by atoms with Gasteiger partial charge in [0.05, 0.1) is 11.8 Å². The fourth-order valence-electron chi connectivity index (χ4n) is 5.05. The van der Waals surface area contributed by atoms with Crippen LogP contribution in [0.2, 0.25) is 0 Å². The molecule has 0 aromatic rings. The highest BCUT2D eigenvalue weighted by atomic mass is 35.5. The molecule has 2 aliphatic carbocycles. The third-order valence-electron chi connectivity index (χ3n) is 7.15. The summed E-state index contributed by atoms with van der Waals surface area (Å²) in [6, 6.07) is 0. The van der Waals surface area contributed by atoms with Crippen LogP contribution < -0.4 is 0 Å². The van der Waals surface area contributed by atoms with Crippen LogP contribution >= 0.6 is 24.8 Å². The lowest BCUT2D eigenvalue weighted by atomic mass is 10.0. The normalized spacial score (nSPS) is 22.0. The molecule has 8 heteroatoms. The number of ether oxygens (including phenoxy) is 2. The van der Waals surface area contributed by atoms with Gasteiger partial charge in [-0.2, -0.15) is 0 Å². The van der Waals surface area contributed by atoms with E-state index < -0.39 is 0 Å². The summed E-state index contributed by atoms with van der Waals surface area (Å²) in [6.45, 7) is 6.60. The van der Waals surface area contributed by atoms with Crippen molar-refractivity contribution in [2.45, 2.75) is 77.0 Å². The number of esters is 2. The van der Waals surface area contributed by atoms with Gasteiger partial charge in [-0.25, -0.2) is 0 Å². The van der Waals surface area contributed by atoms with Gasteiger partial charge in [-0.3, -0.25) is 19.4 Å². The Morgan fingerprint density at radius 3 is 1.19 bits per heavy atom. The highest BCUT2D eigenvalue weighted by Crippen LogP contribution is 2.24. The molecule has 0 N–H and O–H groups in total. The van der Waals surface area contributed by atoms with Crippen molar-refractivity contribution in [2.24, 2.45) is 11.8 Å². The molecule has 1 heterocycles. The smallest absolute Gasteiger partial charge is 0.308 e. The molecule has 6 nitrogen and oxygen atoms in total. The highest BCUT2D eigenvalue weighted by Gasteiger charge is 2.23. The van der Waals surface area contributed by atoms with E-state index in [9.17, 15) is 9.59 Å². The van der Waals surface area contributed by atoms with E-state index >= 15 is 0 Å². The number of hydrogen-bond acceptors (Lipinski definition) is 6. The summed E-state index contributed by atoms with van der Waals surface area (Å²) in [5.41, 5.74) is 0. The van der Waals surface area contributed by atoms with E-state index in [4.69, 9.17) is 9.47 Å². The van der Waals surface area contributed by atoms with Gasteiger partial charge in [0.25, 0.3) is 0 Å². The molecule has 0 unspecified atom stereocenters. The van der Waals surface area contributed by atoms with Crippen molar-refractivity contribution in [3.8, 4) is 0 Å². The maximum atomic E-state index is 12.3. The molecule has 0 radical (unpaired) electrons. The molecule has 3 fully saturated rings. The molecule has 3 rings (SSSR count). The molecule has 0 spiro atoms. The van der Waals surface area contributed by atoms with Gasteiger partial charge in [0, 0.05) is 39.3 Å². The van der Waals surface area contributed by atoms with Gasteiger partial charge in [0.2, 0.25) is 0 Å². The maximum absolute atomic E-state index is 12.3. The molecular weight excluding hydrogens is 451 g/mol. The lowest BCUT2D eigenvalue weighted by Gasteiger charge is -2.34. The summed E-state index contributed by atoms with van der Waals surface area (Å²) in [7, 11) is 0. The zero-order chi connectivity index (χ0) is 21.0. The maximum Gasteiger partial charge on any atom is 0.308 e. The van der Waals surface area contributed by atoms with Crippen molar-refractivity contribution in [2.75, 3.05) is 52.5 Å². The summed E-state index contributed by atoms with van der Waals surface area (Å²) < 4.78 is 11.1. The Balaban J connectivity index is 0.00000256. The Morgan fingerprint density at radius 1 is 0.562 bits per heavy atom. The van der Waals surface area contributed by atoms with Crippen molar-refractivity contribution in [1.29, 1.82) is 0 Å². The quantitative estimate of drug-likeness (QED) is 0.366. The fraction of sp³-hybridized carbons (Fsp3) is 0.917. The predicted molar refractivity (Wildman–Crippen MR) is 132 cm³/mol. The number of halogens is 2. The van der Waals surface area contributed by atoms with Crippen LogP contribution in [0.5, 0.6) is 0 Å². The summed E-state index contributed by atoms with van der Waals surface area (Å²) in [4.78, 5) is 29.3. The van der Waals surface area contributed by atoms with E-state index in [1.54, 1.807) is 0 Å². The van der Waals surface area contributed by atoms with Gasteiger partial charge < -0.3 is 9.47 Å². The van der Waals surface area contributed by atoms with Gasteiger partial charge in [-0.05, 0) is 25.7 Å². The van der Waals surface area contributed by atoms with Crippen molar-refractivity contribution in [3.05, 3.63) is 0 Å². The van der Waals surface area contributed by atoms with E-state index in [0.717, 1.165) is 90.6 Å². The molecule has 0 atom stereocenters. The molecule has 2 saturated carbocycles. The first-order valence-corrected chi connectivity index (χ1v) is 12.5. The van der Waals surface area contributed by atoms with Crippen LogP contribution in [0.4, 0.5) is 0 Å². The third-order valence-corrected chi connectivity index (χ3v) is 7.15. The first kappa shape index (κ1) is 29.5.